The Labute approximate surface area is 109 Å². The van der Waals surface area contributed by atoms with Crippen LogP contribution in [0.1, 0.15) is 5.56 Å². The van der Waals surface area contributed by atoms with Gasteiger partial charge in [0.05, 0.1) is 11.5 Å². The third kappa shape index (κ3) is 4.76. The summed E-state index contributed by atoms with van der Waals surface area (Å²) in [5.41, 5.74) is 0.192. The van der Waals surface area contributed by atoms with E-state index in [1.165, 1.54) is 31.4 Å². The molecule has 0 radical (unpaired) electrons. The highest BCUT2D eigenvalue weighted by Crippen LogP contribution is 2.25. The molecule has 0 aliphatic rings. The van der Waals surface area contributed by atoms with Gasteiger partial charge in [0.15, 0.2) is 0 Å². The SMILES string of the molecule is COCCOc1ccc([N+](=O)[O-])cc1/C=C/C(=O)O. The Kier molecular flexibility index (Phi) is 5.49. The summed E-state index contributed by atoms with van der Waals surface area (Å²) in [6.07, 6.45) is 2.14. The summed E-state index contributed by atoms with van der Waals surface area (Å²) in [5, 5.41) is 19.2. The van der Waals surface area contributed by atoms with E-state index < -0.39 is 10.9 Å². The standard InChI is InChI=1S/C12H13NO6/c1-18-6-7-19-11-4-3-10(13(16)17)8-9(11)2-5-12(14)15/h2-5,8H,6-7H2,1H3,(H,14,15)/b5-2+. The second kappa shape index (κ2) is 7.12. The number of aliphatic carboxylic acids is 1. The third-order valence-corrected chi connectivity index (χ3v) is 2.15. The summed E-state index contributed by atoms with van der Waals surface area (Å²) < 4.78 is 10.2. The van der Waals surface area contributed by atoms with Crippen molar-refractivity contribution in [1.82, 2.24) is 0 Å². The minimum atomic E-state index is -1.14. The van der Waals surface area contributed by atoms with Gasteiger partial charge in [-0.2, -0.15) is 0 Å². The van der Waals surface area contributed by atoms with Gasteiger partial charge in [-0.15, -0.1) is 0 Å². The molecule has 0 bridgehead atoms. The molecule has 0 unspecified atom stereocenters. The Morgan fingerprint density at radius 2 is 2.21 bits per heavy atom. The van der Waals surface area contributed by atoms with Crippen LogP contribution in [0.25, 0.3) is 6.08 Å². The van der Waals surface area contributed by atoms with E-state index in [1.807, 2.05) is 0 Å². The molecule has 0 aliphatic carbocycles. The first kappa shape index (κ1) is 14.7. The van der Waals surface area contributed by atoms with E-state index in [2.05, 4.69) is 0 Å². The van der Waals surface area contributed by atoms with Crippen molar-refractivity contribution in [2.45, 2.75) is 0 Å². The van der Waals surface area contributed by atoms with Crippen molar-refractivity contribution in [3.8, 4) is 5.75 Å². The molecule has 0 aromatic heterocycles. The van der Waals surface area contributed by atoms with Gasteiger partial charge >= 0.3 is 5.97 Å². The molecule has 0 spiro atoms. The molecule has 0 fully saturated rings. The summed E-state index contributed by atoms with van der Waals surface area (Å²) >= 11 is 0. The zero-order chi connectivity index (χ0) is 14.3. The zero-order valence-corrected chi connectivity index (χ0v) is 10.2. The number of non-ortho nitro benzene ring substituents is 1. The molecule has 0 saturated heterocycles. The number of benzene rings is 1. The fourth-order valence-electron chi connectivity index (χ4n) is 1.31. The van der Waals surface area contributed by atoms with Crippen molar-refractivity contribution in [3.63, 3.8) is 0 Å². The van der Waals surface area contributed by atoms with Crippen LogP contribution >= 0.6 is 0 Å². The van der Waals surface area contributed by atoms with Gasteiger partial charge in [0.25, 0.3) is 5.69 Å². The van der Waals surface area contributed by atoms with Gasteiger partial charge in [-0.25, -0.2) is 4.79 Å². The second-order valence-electron chi connectivity index (χ2n) is 3.49. The van der Waals surface area contributed by atoms with Crippen LogP contribution in [0.5, 0.6) is 5.75 Å². The largest absolute Gasteiger partial charge is 0.491 e. The first-order chi connectivity index (χ1) is 9.04. The monoisotopic (exact) mass is 267 g/mol. The topological polar surface area (TPSA) is 98.9 Å². The lowest BCUT2D eigenvalue weighted by Gasteiger charge is -2.08. The average molecular weight is 267 g/mol. The summed E-state index contributed by atoms with van der Waals surface area (Å²) in [6, 6.07) is 3.97. The molecule has 0 saturated carbocycles. The predicted molar refractivity (Wildman–Crippen MR) is 67.1 cm³/mol. The molecule has 0 heterocycles. The van der Waals surface area contributed by atoms with E-state index in [4.69, 9.17) is 14.6 Å². The summed E-state index contributed by atoms with van der Waals surface area (Å²) in [4.78, 5) is 20.6. The molecule has 0 aliphatic heterocycles. The number of carboxylic acid groups (broad SMARTS) is 1. The normalized spacial score (nSPS) is 10.6. The van der Waals surface area contributed by atoms with E-state index in [0.717, 1.165) is 6.08 Å². The molecule has 7 heteroatoms. The number of methoxy groups -OCH3 is 1. The molecular weight excluding hydrogens is 254 g/mol. The molecule has 7 nitrogen and oxygen atoms in total. The van der Waals surface area contributed by atoms with Crippen LogP contribution in [0.15, 0.2) is 24.3 Å². The number of rotatable bonds is 7. The Hall–Kier alpha value is -2.41. The maximum Gasteiger partial charge on any atom is 0.328 e. The second-order valence-corrected chi connectivity index (χ2v) is 3.49. The van der Waals surface area contributed by atoms with Crippen LogP contribution in [-0.2, 0) is 9.53 Å². The average Bonchev–Trinajstić information content (AvgIpc) is 2.37. The van der Waals surface area contributed by atoms with Crippen molar-refractivity contribution < 1.29 is 24.3 Å². The summed E-state index contributed by atoms with van der Waals surface area (Å²) in [6.45, 7) is 0.626. The fraction of sp³-hybridized carbons (Fsp3) is 0.250. The Bertz CT molecular complexity index is 497. The van der Waals surface area contributed by atoms with Crippen molar-refractivity contribution in [1.29, 1.82) is 0 Å². The molecule has 1 N–H and O–H groups in total. The van der Waals surface area contributed by atoms with Crippen molar-refractivity contribution in [2.24, 2.45) is 0 Å². The van der Waals surface area contributed by atoms with E-state index >= 15 is 0 Å². The number of nitrogens with zero attached hydrogens (tertiary/aromatic N) is 1. The molecular formula is C12H13NO6. The minimum Gasteiger partial charge on any atom is -0.491 e. The Morgan fingerprint density at radius 3 is 2.79 bits per heavy atom. The van der Waals surface area contributed by atoms with Crippen molar-refractivity contribution in [3.05, 3.63) is 40.0 Å². The molecule has 1 aromatic carbocycles. The van der Waals surface area contributed by atoms with E-state index in [9.17, 15) is 14.9 Å². The van der Waals surface area contributed by atoms with Crippen LogP contribution in [-0.4, -0.2) is 36.3 Å². The van der Waals surface area contributed by atoms with Gasteiger partial charge in [-0.1, -0.05) is 0 Å². The van der Waals surface area contributed by atoms with Gasteiger partial charge in [0.2, 0.25) is 0 Å². The maximum atomic E-state index is 10.7. The highest BCUT2D eigenvalue weighted by atomic mass is 16.6. The number of carboxylic acids is 1. The van der Waals surface area contributed by atoms with Gasteiger partial charge in [-0.3, -0.25) is 10.1 Å². The molecule has 19 heavy (non-hydrogen) atoms. The maximum absolute atomic E-state index is 10.7. The number of nitro benzene ring substituents is 1. The third-order valence-electron chi connectivity index (χ3n) is 2.15. The number of hydrogen-bond donors (Lipinski definition) is 1. The summed E-state index contributed by atoms with van der Waals surface area (Å²) in [7, 11) is 1.52. The van der Waals surface area contributed by atoms with Gasteiger partial charge in [0, 0.05) is 30.9 Å². The lowest BCUT2D eigenvalue weighted by molar-refractivity contribution is -0.384. The Morgan fingerprint density at radius 1 is 1.47 bits per heavy atom. The number of hydrogen-bond acceptors (Lipinski definition) is 5. The van der Waals surface area contributed by atoms with Crippen LogP contribution < -0.4 is 4.74 Å². The molecule has 0 amide bonds. The first-order valence-corrected chi connectivity index (χ1v) is 5.35. The lowest BCUT2D eigenvalue weighted by atomic mass is 10.1. The molecule has 1 rings (SSSR count). The van der Waals surface area contributed by atoms with Crippen LogP contribution in [0.4, 0.5) is 5.69 Å². The van der Waals surface area contributed by atoms with Gasteiger partial charge < -0.3 is 14.6 Å². The van der Waals surface area contributed by atoms with Gasteiger partial charge in [0.1, 0.15) is 12.4 Å². The van der Waals surface area contributed by atoms with E-state index in [-0.39, 0.29) is 12.3 Å². The molecule has 0 atom stereocenters. The quantitative estimate of drug-likeness (QED) is 0.349. The molecule has 102 valence electrons. The summed E-state index contributed by atoms with van der Waals surface area (Å²) in [5.74, 6) is -0.783. The van der Waals surface area contributed by atoms with Crippen molar-refractivity contribution in [2.75, 3.05) is 20.3 Å². The Balaban J connectivity index is 3.00. The number of carbonyl (C=O) groups is 1. The lowest BCUT2D eigenvalue weighted by Crippen LogP contribution is -2.05. The van der Waals surface area contributed by atoms with Gasteiger partial charge in [-0.05, 0) is 12.1 Å². The fourth-order valence-corrected chi connectivity index (χ4v) is 1.31. The predicted octanol–water partition coefficient (Wildman–Crippen LogP) is 1.72. The van der Waals surface area contributed by atoms with E-state index in [0.29, 0.717) is 17.9 Å². The smallest absolute Gasteiger partial charge is 0.328 e. The first-order valence-electron chi connectivity index (χ1n) is 5.35. The van der Waals surface area contributed by atoms with E-state index in [1.54, 1.807) is 0 Å². The molecule has 1 aromatic rings. The van der Waals surface area contributed by atoms with Crippen LogP contribution in [0.3, 0.4) is 0 Å². The van der Waals surface area contributed by atoms with Crippen LogP contribution in [0.2, 0.25) is 0 Å². The highest BCUT2D eigenvalue weighted by molar-refractivity contribution is 5.86. The van der Waals surface area contributed by atoms with Crippen LogP contribution in [0, 0.1) is 10.1 Å². The number of nitro groups is 1. The zero-order valence-electron chi connectivity index (χ0n) is 10.2. The highest BCUT2D eigenvalue weighted by Gasteiger charge is 2.10. The van der Waals surface area contributed by atoms with Crippen molar-refractivity contribution >= 4 is 17.7 Å². The number of ether oxygens (including phenoxy) is 2. The minimum absolute atomic E-state index is 0.135.